The van der Waals surface area contributed by atoms with Gasteiger partial charge in [0.05, 0.1) is 11.9 Å². The summed E-state index contributed by atoms with van der Waals surface area (Å²) < 4.78 is 35.2. The molecule has 0 spiro atoms. The van der Waals surface area contributed by atoms with Crippen molar-refractivity contribution in [1.29, 1.82) is 0 Å². The number of carbonyl (C=O) groups is 2. The van der Waals surface area contributed by atoms with Gasteiger partial charge in [0.15, 0.2) is 6.10 Å². The lowest BCUT2D eigenvalue weighted by Gasteiger charge is -2.23. The van der Waals surface area contributed by atoms with Crippen LogP contribution in [0.5, 0.6) is 5.75 Å². The first kappa shape index (κ1) is 25.4. The van der Waals surface area contributed by atoms with Gasteiger partial charge < -0.3 is 19.3 Å². The summed E-state index contributed by atoms with van der Waals surface area (Å²) in [5, 5.41) is 2.92. The van der Waals surface area contributed by atoms with E-state index in [1.165, 1.54) is 6.92 Å². The molecule has 0 fully saturated rings. The maximum Gasteiger partial charge on any atom is 0.411 e. The van der Waals surface area contributed by atoms with Gasteiger partial charge in [0.25, 0.3) is 0 Å². The largest absolute Gasteiger partial charge is 0.464 e. The fourth-order valence-electron chi connectivity index (χ4n) is 2.55. The van der Waals surface area contributed by atoms with E-state index in [1.54, 1.807) is 82.3 Å². The lowest BCUT2D eigenvalue weighted by atomic mass is 10.2. The molecule has 2 rings (SSSR count). The van der Waals surface area contributed by atoms with E-state index in [9.17, 15) is 14.2 Å². The number of alkyl carbamates (subject to hydrolysis) is 1. The average Bonchev–Trinajstić information content (AvgIpc) is 2.72. The van der Waals surface area contributed by atoms with Crippen molar-refractivity contribution >= 4 is 25.0 Å². The van der Waals surface area contributed by atoms with Crippen LogP contribution in [0.15, 0.2) is 54.6 Å². The van der Waals surface area contributed by atoms with E-state index in [4.69, 9.17) is 18.5 Å². The Morgan fingerprint density at radius 3 is 2.22 bits per heavy atom. The highest BCUT2D eigenvalue weighted by atomic mass is 31.2. The predicted molar refractivity (Wildman–Crippen MR) is 121 cm³/mol. The van der Waals surface area contributed by atoms with E-state index >= 15 is 0 Å². The quantitative estimate of drug-likeness (QED) is 0.429. The first-order valence-corrected chi connectivity index (χ1v) is 11.8. The van der Waals surface area contributed by atoms with E-state index in [2.05, 4.69) is 5.32 Å². The highest BCUT2D eigenvalue weighted by molar-refractivity contribution is 7.62. The fourth-order valence-corrected chi connectivity index (χ4v) is 4.24. The Bertz CT molecular complexity index is 939. The molecule has 0 saturated heterocycles. The molecule has 0 aromatic heterocycles. The molecule has 0 heterocycles. The summed E-state index contributed by atoms with van der Waals surface area (Å²) in [7, 11) is -3.93. The maximum absolute atomic E-state index is 13.7. The number of hydrogen-bond donors (Lipinski definition) is 1. The van der Waals surface area contributed by atoms with Crippen LogP contribution in [0.3, 0.4) is 0 Å². The van der Waals surface area contributed by atoms with E-state index < -0.39 is 31.4 Å². The fraction of sp³-hybridized carbons (Fsp3) is 0.391. The van der Waals surface area contributed by atoms with Crippen molar-refractivity contribution in [3.8, 4) is 5.75 Å². The van der Waals surface area contributed by atoms with Crippen molar-refractivity contribution in [2.45, 2.75) is 52.9 Å². The molecule has 0 saturated carbocycles. The second kappa shape index (κ2) is 11.2. The number of para-hydroxylation sites is 1. The highest BCUT2D eigenvalue weighted by Gasteiger charge is 2.34. The number of rotatable bonds is 9. The number of nitrogens with one attached hydrogen (secondary N) is 1. The second-order valence-electron chi connectivity index (χ2n) is 7.92. The number of hydrogen-bond acceptors (Lipinski definition) is 7. The molecule has 0 aliphatic carbocycles. The second-order valence-corrected chi connectivity index (χ2v) is 9.83. The highest BCUT2D eigenvalue weighted by Crippen LogP contribution is 2.48. The number of ether oxygens (including phenoxy) is 2. The predicted octanol–water partition coefficient (Wildman–Crippen LogP) is 4.58. The van der Waals surface area contributed by atoms with Gasteiger partial charge in [-0.25, -0.2) is 14.2 Å². The molecule has 0 aliphatic heterocycles. The molecular formula is C23H30NO7P. The lowest BCUT2D eigenvalue weighted by molar-refractivity contribution is -0.150. The van der Waals surface area contributed by atoms with Gasteiger partial charge in [-0.1, -0.05) is 30.3 Å². The van der Waals surface area contributed by atoms with Gasteiger partial charge in [-0.3, -0.25) is 4.52 Å². The molecule has 2 aromatic carbocycles. The molecule has 9 heteroatoms. The molecule has 0 bridgehead atoms. The van der Waals surface area contributed by atoms with Gasteiger partial charge in [0, 0.05) is 6.54 Å². The first-order chi connectivity index (χ1) is 15.0. The third-order valence-electron chi connectivity index (χ3n) is 3.97. The standard InChI is InChI=1S/C23H30NO7P/c1-6-28-21(25)17(2)30-32(27,31-19-10-8-7-9-11-19)20-14-12-18(13-15-20)16-24-22(26)29-23(3,4)5/h7-15,17H,6,16H2,1-5H3,(H,24,26)/t17-,32?/m0/s1. The van der Waals surface area contributed by atoms with Gasteiger partial charge in [0.1, 0.15) is 11.4 Å². The topological polar surface area (TPSA) is 100 Å². The van der Waals surface area contributed by atoms with Crippen LogP contribution in [0.2, 0.25) is 0 Å². The summed E-state index contributed by atoms with van der Waals surface area (Å²) in [6.45, 7) is 8.87. The van der Waals surface area contributed by atoms with Gasteiger partial charge in [-0.15, -0.1) is 0 Å². The molecule has 0 aliphatic rings. The summed E-state index contributed by atoms with van der Waals surface area (Å²) in [5.41, 5.74) is 0.159. The summed E-state index contributed by atoms with van der Waals surface area (Å²) >= 11 is 0. The minimum absolute atomic E-state index is 0.176. The minimum atomic E-state index is -3.93. The number of carbonyl (C=O) groups excluding carboxylic acids is 2. The van der Waals surface area contributed by atoms with Gasteiger partial charge in [-0.2, -0.15) is 0 Å². The van der Waals surface area contributed by atoms with Crippen LogP contribution < -0.4 is 15.1 Å². The van der Waals surface area contributed by atoms with Crippen molar-refractivity contribution in [2.75, 3.05) is 6.61 Å². The van der Waals surface area contributed by atoms with Gasteiger partial charge in [0.2, 0.25) is 0 Å². The Kier molecular flexibility index (Phi) is 8.87. The molecule has 174 valence electrons. The Morgan fingerprint density at radius 2 is 1.66 bits per heavy atom. The Hall–Kier alpha value is -2.83. The zero-order valence-electron chi connectivity index (χ0n) is 19.0. The number of esters is 1. The Labute approximate surface area is 188 Å². The van der Waals surface area contributed by atoms with Crippen LogP contribution in [0.1, 0.15) is 40.2 Å². The third-order valence-corrected chi connectivity index (χ3v) is 5.95. The maximum atomic E-state index is 13.7. The van der Waals surface area contributed by atoms with Crippen LogP contribution >= 0.6 is 7.60 Å². The van der Waals surface area contributed by atoms with Crippen LogP contribution in [0.25, 0.3) is 0 Å². The average molecular weight is 463 g/mol. The van der Waals surface area contributed by atoms with E-state index in [0.29, 0.717) is 5.75 Å². The molecule has 2 aromatic rings. The van der Waals surface area contributed by atoms with Crippen molar-refractivity contribution in [3.63, 3.8) is 0 Å². The van der Waals surface area contributed by atoms with Crippen LogP contribution in [0, 0.1) is 0 Å². The Balaban J connectivity index is 2.18. The van der Waals surface area contributed by atoms with Crippen molar-refractivity contribution in [3.05, 3.63) is 60.2 Å². The monoisotopic (exact) mass is 463 g/mol. The van der Waals surface area contributed by atoms with E-state index in [1.807, 2.05) is 0 Å². The van der Waals surface area contributed by atoms with Crippen molar-refractivity contribution < 1.29 is 32.7 Å². The smallest absolute Gasteiger partial charge is 0.411 e. The van der Waals surface area contributed by atoms with Gasteiger partial charge >= 0.3 is 19.7 Å². The molecule has 32 heavy (non-hydrogen) atoms. The van der Waals surface area contributed by atoms with Crippen LogP contribution in [0.4, 0.5) is 4.79 Å². The van der Waals surface area contributed by atoms with Gasteiger partial charge in [-0.05, 0) is 64.4 Å². The summed E-state index contributed by atoms with van der Waals surface area (Å²) in [4.78, 5) is 23.9. The zero-order valence-corrected chi connectivity index (χ0v) is 19.9. The Morgan fingerprint density at radius 1 is 1.03 bits per heavy atom. The lowest BCUT2D eigenvalue weighted by Crippen LogP contribution is -2.32. The molecule has 2 atom stereocenters. The normalized spacial score (nSPS) is 14.0. The summed E-state index contributed by atoms with van der Waals surface area (Å²) in [6.07, 6.45) is -1.63. The number of benzene rings is 2. The first-order valence-electron chi connectivity index (χ1n) is 10.3. The van der Waals surface area contributed by atoms with Crippen molar-refractivity contribution in [2.24, 2.45) is 0 Å². The molecule has 1 unspecified atom stereocenters. The van der Waals surface area contributed by atoms with E-state index in [0.717, 1.165) is 5.56 Å². The minimum Gasteiger partial charge on any atom is -0.464 e. The van der Waals surface area contributed by atoms with Crippen LogP contribution in [-0.4, -0.2) is 30.4 Å². The van der Waals surface area contributed by atoms with Crippen LogP contribution in [-0.2, 0) is 29.9 Å². The summed E-state index contributed by atoms with van der Waals surface area (Å²) in [6, 6.07) is 15.1. The molecule has 8 nitrogen and oxygen atoms in total. The summed E-state index contributed by atoms with van der Waals surface area (Å²) in [5.74, 6) is -0.301. The zero-order chi connectivity index (χ0) is 23.8. The third kappa shape index (κ3) is 8.02. The molecular weight excluding hydrogens is 433 g/mol. The molecule has 1 amide bonds. The molecule has 1 N–H and O–H groups in total. The number of amides is 1. The van der Waals surface area contributed by atoms with Crippen molar-refractivity contribution in [1.82, 2.24) is 5.32 Å². The molecule has 0 radical (unpaired) electrons. The van der Waals surface area contributed by atoms with E-state index in [-0.39, 0.29) is 18.5 Å². The SMILES string of the molecule is CCOC(=O)[C@H](C)OP(=O)(Oc1ccccc1)c1ccc(CNC(=O)OC(C)(C)C)cc1.